The second-order valence-electron chi connectivity index (χ2n) is 3.88. The molecule has 2 rings (SSSR count). The average Bonchev–Trinajstić information content (AvgIpc) is 2.83. The summed E-state index contributed by atoms with van der Waals surface area (Å²) < 4.78 is 1.72. The number of nitrogens with zero attached hydrogens (tertiary/aromatic N) is 3. The fourth-order valence-corrected chi connectivity index (χ4v) is 1.75. The Morgan fingerprint density at radius 3 is 2.94 bits per heavy atom. The number of aliphatic hydroxyl groups is 1. The summed E-state index contributed by atoms with van der Waals surface area (Å²) in [5.74, 6) is 0. The summed E-state index contributed by atoms with van der Waals surface area (Å²) in [6, 6.07) is 7.56. The smallest absolute Gasteiger partial charge is 0.102 e. The lowest BCUT2D eigenvalue weighted by Gasteiger charge is -2.05. The van der Waals surface area contributed by atoms with Crippen LogP contribution in [0.5, 0.6) is 0 Å². The molecule has 0 unspecified atom stereocenters. The zero-order chi connectivity index (χ0) is 12.8. The van der Waals surface area contributed by atoms with E-state index in [0.29, 0.717) is 24.5 Å². The number of halogens is 1. The van der Waals surface area contributed by atoms with E-state index in [1.165, 1.54) is 0 Å². The molecule has 0 aliphatic rings. The van der Waals surface area contributed by atoms with Crippen LogP contribution in [0.25, 0.3) is 0 Å². The summed E-state index contributed by atoms with van der Waals surface area (Å²) in [6.07, 6.45) is 2.54. The molecule has 5 nitrogen and oxygen atoms in total. The number of nitrogens with one attached hydrogen (secondary N) is 1. The predicted octanol–water partition coefficient (Wildman–Crippen LogP) is 1.93. The highest BCUT2D eigenvalue weighted by Crippen LogP contribution is 2.20. The first-order chi connectivity index (χ1) is 8.79. The molecule has 0 saturated heterocycles. The fraction of sp³-hybridized carbons (Fsp3) is 0.333. The van der Waals surface area contributed by atoms with Gasteiger partial charge in [0.25, 0.3) is 0 Å². The molecule has 0 amide bonds. The Kier molecular flexibility index (Phi) is 4.55. The lowest BCUT2D eigenvalue weighted by Crippen LogP contribution is -2.01. The molecule has 1 aromatic carbocycles. The van der Waals surface area contributed by atoms with Crippen molar-refractivity contribution in [2.45, 2.75) is 19.5 Å². The third-order valence-electron chi connectivity index (χ3n) is 2.47. The van der Waals surface area contributed by atoms with Crippen molar-refractivity contribution in [2.24, 2.45) is 0 Å². The molecule has 0 atom stereocenters. The zero-order valence-corrected chi connectivity index (χ0v) is 10.6. The lowest BCUT2D eigenvalue weighted by atomic mass is 10.3. The van der Waals surface area contributed by atoms with Crippen LogP contribution in [0.1, 0.15) is 12.1 Å². The van der Waals surface area contributed by atoms with Crippen molar-refractivity contribution in [1.29, 1.82) is 0 Å². The highest BCUT2D eigenvalue weighted by molar-refractivity contribution is 6.33. The molecule has 0 aliphatic carbocycles. The van der Waals surface area contributed by atoms with E-state index < -0.39 is 0 Å². The number of benzene rings is 1. The molecule has 0 saturated carbocycles. The number of aromatic nitrogens is 3. The maximum absolute atomic E-state index is 8.73. The quantitative estimate of drug-likeness (QED) is 0.839. The molecule has 0 spiro atoms. The van der Waals surface area contributed by atoms with Gasteiger partial charge < -0.3 is 10.4 Å². The van der Waals surface area contributed by atoms with E-state index in [1.807, 2.05) is 30.5 Å². The minimum Gasteiger partial charge on any atom is -0.396 e. The van der Waals surface area contributed by atoms with Crippen LogP contribution in [-0.2, 0) is 13.1 Å². The molecular weight excluding hydrogens is 252 g/mol. The van der Waals surface area contributed by atoms with Crippen LogP contribution < -0.4 is 5.32 Å². The molecule has 0 bridgehead atoms. The maximum Gasteiger partial charge on any atom is 0.102 e. The van der Waals surface area contributed by atoms with Crippen molar-refractivity contribution in [1.82, 2.24) is 15.0 Å². The van der Waals surface area contributed by atoms with Crippen LogP contribution in [0.15, 0.2) is 30.5 Å². The Morgan fingerprint density at radius 2 is 2.17 bits per heavy atom. The van der Waals surface area contributed by atoms with E-state index in [2.05, 4.69) is 15.6 Å². The average molecular weight is 267 g/mol. The van der Waals surface area contributed by atoms with E-state index in [-0.39, 0.29) is 6.61 Å². The summed E-state index contributed by atoms with van der Waals surface area (Å²) in [5, 5.41) is 20.6. The molecule has 0 radical (unpaired) electrons. The monoisotopic (exact) mass is 266 g/mol. The van der Waals surface area contributed by atoms with Gasteiger partial charge in [0.2, 0.25) is 0 Å². The first-order valence-electron chi connectivity index (χ1n) is 5.78. The molecule has 2 aromatic rings. The molecule has 96 valence electrons. The normalized spacial score (nSPS) is 10.6. The minimum atomic E-state index is 0.160. The van der Waals surface area contributed by atoms with Gasteiger partial charge in [0, 0.05) is 13.2 Å². The summed E-state index contributed by atoms with van der Waals surface area (Å²) in [6.45, 7) is 1.41. The van der Waals surface area contributed by atoms with Gasteiger partial charge in [-0.3, -0.25) is 4.68 Å². The van der Waals surface area contributed by atoms with Gasteiger partial charge in [-0.15, -0.1) is 5.10 Å². The van der Waals surface area contributed by atoms with Crippen molar-refractivity contribution < 1.29 is 5.11 Å². The summed E-state index contributed by atoms with van der Waals surface area (Å²) in [4.78, 5) is 0. The summed E-state index contributed by atoms with van der Waals surface area (Å²) in [5.41, 5.74) is 1.72. The Hall–Kier alpha value is -1.59. The van der Waals surface area contributed by atoms with E-state index in [9.17, 15) is 0 Å². The van der Waals surface area contributed by atoms with Crippen molar-refractivity contribution in [3.8, 4) is 0 Å². The number of aryl methyl sites for hydroxylation is 1. The number of para-hydroxylation sites is 1. The topological polar surface area (TPSA) is 63.0 Å². The van der Waals surface area contributed by atoms with Crippen LogP contribution in [0.3, 0.4) is 0 Å². The molecule has 1 heterocycles. The number of hydrogen-bond acceptors (Lipinski definition) is 4. The Balaban J connectivity index is 1.90. The zero-order valence-electron chi connectivity index (χ0n) is 9.88. The van der Waals surface area contributed by atoms with E-state index >= 15 is 0 Å². The molecule has 18 heavy (non-hydrogen) atoms. The standard InChI is InChI=1S/C12H15ClN4O/c13-11-4-1-2-5-12(11)14-8-10-9-17(16-15-10)6-3-7-18/h1-2,4-5,9,14,18H,3,6-8H2. The molecule has 0 fully saturated rings. The predicted molar refractivity (Wildman–Crippen MR) is 70.5 cm³/mol. The van der Waals surface area contributed by atoms with Gasteiger partial charge in [0.1, 0.15) is 5.69 Å². The lowest BCUT2D eigenvalue weighted by molar-refractivity contribution is 0.276. The van der Waals surface area contributed by atoms with Gasteiger partial charge in [-0.1, -0.05) is 28.9 Å². The van der Waals surface area contributed by atoms with E-state index in [1.54, 1.807) is 4.68 Å². The maximum atomic E-state index is 8.73. The Labute approximate surface area is 110 Å². The van der Waals surface area contributed by atoms with Gasteiger partial charge in [-0.05, 0) is 18.6 Å². The van der Waals surface area contributed by atoms with Crippen LogP contribution in [0.4, 0.5) is 5.69 Å². The Bertz CT molecular complexity index is 500. The van der Waals surface area contributed by atoms with Gasteiger partial charge >= 0.3 is 0 Å². The highest BCUT2D eigenvalue weighted by Gasteiger charge is 2.02. The van der Waals surface area contributed by atoms with E-state index in [4.69, 9.17) is 16.7 Å². The fourth-order valence-electron chi connectivity index (χ4n) is 1.55. The third-order valence-corrected chi connectivity index (χ3v) is 2.79. The molecule has 1 aromatic heterocycles. The van der Waals surface area contributed by atoms with Gasteiger partial charge in [-0.2, -0.15) is 0 Å². The number of hydrogen-bond donors (Lipinski definition) is 2. The second kappa shape index (κ2) is 6.37. The van der Waals surface area contributed by atoms with Crippen LogP contribution in [0, 0.1) is 0 Å². The van der Waals surface area contributed by atoms with Crippen molar-refractivity contribution in [3.05, 3.63) is 41.2 Å². The van der Waals surface area contributed by atoms with Crippen molar-refractivity contribution >= 4 is 17.3 Å². The third kappa shape index (κ3) is 3.45. The van der Waals surface area contributed by atoms with Gasteiger partial charge in [0.05, 0.1) is 23.5 Å². The molecule has 6 heteroatoms. The number of rotatable bonds is 6. The number of aliphatic hydroxyl groups excluding tert-OH is 1. The van der Waals surface area contributed by atoms with Crippen LogP contribution >= 0.6 is 11.6 Å². The molecule has 2 N–H and O–H groups in total. The summed E-state index contributed by atoms with van der Waals surface area (Å²) >= 11 is 6.03. The van der Waals surface area contributed by atoms with Crippen LogP contribution in [-0.4, -0.2) is 26.7 Å². The van der Waals surface area contributed by atoms with Gasteiger partial charge in [0.15, 0.2) is 0 Å². The van der Waals surface area contributed by atoms with E-state index in [0.717, 1.165) is 11.4 Å². The second-order valence-corrected chi connectivity index (χ2v) is 4.29. The highest BCUT2D eigenvalue weighted by atomic mass is 35.5. The first kappa shape index (κ1) is 12.9. The van der Waals surface area contributed by atoms with Crippen molar-refractivity contribution in [2.75, 3.05) is 11.9 Å². The first-order valence-corrected chi connectivity index (χ1v) is 6.15. The van der Waals surface area contributed by atoms with Crippen molar-refractivity contribution in [3.63, 3.8) is 0 Å². The molecular formula is C12H15ClN4O. The largest absolute Gasteiger partial charge is 0.396 e. The SMILES string of the molecule is OCCCn1cc(CNc2ccccc2Cl)nn1. The minimum absolute atomic E-state index is 0.160. The Morgan fingerprint density at radius 1 is 1.33 bits per heavy atom. The number of anilines is 1. The van der Waals surface area contributed by atoms with Gasteiger partial charge in [-0.25, -0.2) is 0 Å². The van der Waals surface area contributed by atoms with Crippen LogP contribution in [0.2, 0.25) is 5.02 Å². The molecule has 0 aliphatic heterocycles. The summed E-state index contributed by atoms with van der Waals surface area (Å²) in [7, 11) is 0.